The third kappa shape index (κ3) is 4.89. The molecule has 26 heavy (non-hydrogen) atoms. The van der Waals surface area contributed by atoms with Crippen molar-refractivity contribution in [2.75, 3.05) is 39.4 Å². The van der Waals surface area contributed by atoms with Gasteiger partial charge in [0.05, 0.1) is 13.2 Å². The SMILES string of the molecule is CB(O)N1CCC(/C(=C/C(=O)N2CCOCC2)c2ccc(Cl)cc2)CC1. The van der Waals surface area contributed by atoms with Crippen LogP contribution in [0.3, 0.4) is 0 Å². The van der Waals surface area contributed by atoms with Crippen molar-refractivity contribution in [3.8, 4) is 0 Å². The Morgan fingerprint density at radius 3 is 2.38 bits per heavy atom. The van der Waals surface area contributed by atoms with E-state index in [2.05, 4.69) is 4.81 Å². The number of rotatable bonds is 4. The topological polar surface area (TPSA) is 53.0 Å². The fourth-order valence-corrected chi connectivity index (χ4v) is 3.80. The highest BCUT2D eigenvalue weighted by Gasteiger charge is 2.27. The molecule has 1 aromatic rings. The Morgan fingerprint density at radius 2 is 1.81 bits per heavy atom. The molecule has 0 bridgehead atoms. The summed E-state index contributed by atoms with van der Waals surface area (Å²) in [6.07, 6.45) is 3.66. The molecule has 3 rings (SSSR count). The molecule has 5 nitrogen and oxygen atoms in total. The molecule has 0 unspecified atom stereocenters. The van der Waals surface area contributed by atoms with E-state index in [1.54, 1.807) is 12.9 Å². The van der Waals surface area contributed by atoms with Gasteiger partial charge in [-0.05, 0) is 61.9 Å². The highest BCUT2D eigenvalue weighted by molar-refractivity contribution is 6.45. The smallest absolute Gasteiger partial charge is 0.376 e. The van der Waals surface area contributed by atoms with Crippen molar-refractivity contribution in [2.45, 2.75) is 19.7 Å². The molecule has 0 aliphatic carbocycles. The van der Waals surface area contributed by atoms with Crippen LogP contribution in [0.2, 0.25) is 11.8 Å². The Balaban J connectivity index is 1.81. The van der Waals surface area contributed by atoms with Crippen LogP contribution in [0.15, 0.2) is 30.3 Å². The van der Waals surface area contributed by atoms with Crippen LogP contribution in [-0.2, 0) is 9.53 Å². The monoisotopic (exact) mass is 376 g/mol. The predicted octanol–water partition coefficient (Wildman–Crippen LogP) is 2.40. The lowest BCUT2D eigenvalue weighted by Gasteiger charge is -2.34. The number of hydrogen-bond acceptors (Lipinski definition) is 4. The Morgan fingerprint density at radius 1 is 1.19 bits per heavy atom. The van der Waals surface area contributed by atoms with Crippen LogP contribution in [0, 0.1) is 5.92 Å². The second-order valence-electron chi connectivity index (χ2n) is 6.99. The molecule has 2 saturated heterocycles. The van der Waals surface area contributed by atoms with E-state index >= 15 is 0 Å². The van der Waals surface area contributed by atoms with Gasteiger partial charge < -0.3 is 19.5 Å². The van der Waals surface area contributed by atoms with Gasteiger partial charge in [0.2, 0.25) is 5.91 Å². The maximum absolute atomic E-state index is 12.8. The number of halogens is 1. The average molecular weight is 377 g/mol. The van der Waals surface area contributed by atoms with Gasteiger partial charge in [-0.3, -0.25) is 4.79 Å². The van der Waals surface area contributed by atoms with E-state index in [0.717, 1.165) is 37.1 Å². The van der Waals surface area contributed by atoms with E-state index in [0.29, 0.717) is 37.2 Å². The van der Waals surface area contributed by atoms with Gasteiger partial charge in [-0.15, -0.1) is 0 Å². The molecule has 2 aliphatic rings. The van der Waals surface area contributed by atoms with E-state index in [1.807, 2.05) is 29.2 Å². The number of nitrogens with zero attached hydrogens (tertiary/aromatic N) is 2. The number of morpholine rings is 1. The summed E-state index contributed by atoms with van der Waals surface area (Å²) in [5, 5.41) is 10.5. The number of carbonyl (C=O) groups is 1. The summed E-state index contributed by atoms with van der Waals surface area (Å²) in [5.74, 6) is 0.354. The fraction of sp³-hybridized carbons (Fsp3) is 0.526. The van der Waals surface area contributed by atoms with Gasteiger partial charge in [0, 0.05) is 24.2 Å². The van der Waals surface area contributed by atoms with Crippen molar-refractivity contribution >= 4 is 30.1 Å². The van der Waals surface area contributed by atoms with Crippen molar-refractivity contribution in [1.29, 1.82) is 0 Å². The molecule has 0 aromatic heterocycles. The number of piperidine rings is 1. The molecule has 7 heteroatoms. The van der Waals surface area contributed by atoms with Gasteiger partial charge in [-0.1, -0.05) is 23.7 Å². The third-order valence-corrected chi connectivity index (χ3v) is 5.53. The summed E-state index contributed by atoms with van der Waals surface area (Å²) < 4.78 is 5.34. The summed E-state index contributed by atoms with van der Waals surface area (Å²) in [6.45, 7) is 5.95. The largest absolute Gasteiger partial charge is 0.437 e. The molecule has 2 aliphatic heterocycles. The Labute approximate surface area is 160 Å². The Hall–Kier alpha value is -1.34. The van der Waals surface area contributed by atoms with Gasteiger partial charge in [0.15, 0.2) is 0 Å². The molecule has 2 fully saturated rings. The zero-order chi connectivity index (χ0) is 18.5. The first-order valence-electron chi connectivity index (χ1n) is 9.31. The normalized spacial score (nSPS) is 20.3. The number of amides is 1. The number of hydrogen-bond donors (Lipinski definition) is 1. The van der Waals surface area contributed by atoms with E-state index in [9.17, 15) is 9.82 Å². The van der Waals surface area contributed by atoms with Crippen LogP contribution in [0.1, 0.15) is 18.4 Å². The summed E-state index contributed by atoms with van der Waals surface area (Å²) in [4.78, 5) is 16.7. The summed E-state index contributed by atoms with van der Waals surface area (Å²) >= 11 is 6.04. The fourth-order valence-electron chi connectivity index (χ4n) is 3.67. The minimum atomic E-state index is -0.422. The molecule has 1 N–H and O–H groups in total. The third-order valence-electron chi connectivity index (χ3n) is 5.28. The number of ether oxygens (including phenoxy) is 1. The van der Waals surface area contributed by atoms with Gasteiger partial charge in [-0.25, -0.2) is 0 Å². The van der Waals surface area contributed by atoms with E-state index in [-0.39, 0.29) is 5.91 Å². The lowest BCUT2D eigenvalue weighted by Crippen LogP contribution is -2.43. The minimum absolute atomic E-state index is 0.0520. The number of allylic oxidation sites excluding steroid dienone is 1. The highest BCUT2D eigenvalue weighted by Crippen LogP contribution is 2.33. The minimum Gasteiger partial charge on any atom is -0.437 e. The molecule has 1 aromatic carbocycles. The Bertz CT molecular complexity index is 637. The summed E-state index contributed by atoms with van der Waals surface area (Å²) in [6, 6.07) is 7.72. The molecule has 140 valence electrons. The van der Waals surface area contributed by atoms with Crippen molar-refractivity contribution < 1.29 is 14.6 Å². The number of benzene rings is 1. The maximum Gasteiger partial charge on any atom is 0.376 e. The van der Waals surface area contributed by atoms with Crippen LogP contribution in [0.5, 0.6) is 0 Å². The van der Waals surface area contributed by atoms with Crippen molar-refractivity contribution in [3.05, 3.63) is 40.9 Å². The first kappa shape index (κ1) is 19.4. The second kappa shape index (κ2) is 9.04. The predicted molar refractivity (Wildman–Crippen MR) is 105 cm³/mol. The first-order chi connectivity index (χ1) is 12.5. The van der Waals surface area contributed by atoms with E-state index in [4.69, 9.17) is 16.3 Å². The van der Waals surface area contributed by atoms with Gasteiger partial charge in [0.1, 0.15) is 0 Å². The highest BCUT2D eigenvalue weighted by atomic mass is 35.5. The lowest BCUT2D eigenvalue weighted by molar-refractivity contribution is -0.129. The van der Waals surface area contributed by atoms with E-state index < -0.39 is 7.05 Å². The molecular formula is C19H26BClN2O3. The van der Waals surface area contributed by atoms with Crippen LogP contribution < -0.4 is 0 Å². The summed E-state index contributed by atoms with van der Waals surface area (Å²) in [7, 11) is -0.422. The number of carbonyl (C=O) groups excluding carboxylic acids is 1. The molecule has 1 amide bonds. The van der Waals surface area contributed by atoms with Crippen LogP contribution >= 0.6 is 11.6 Å². The van der Waals surface area contributed by atoms with Gasteiger partial charge in [0.25, 0.3) is 0 Å². The summed E-state index contributed by atoms with van der Waals surface area (Å²) in [5.41, 5.74) is 2.12. The molecule has 2 heterocycles. The quantitative estimate of drug-likeness (QED) is 0.648. The zero-order valence-corrected chi connectivity index (χ0v) is 16.0. The molecule has 0 spiro atoms. The first-order valence-corrected chi connectivity index (χ1v) is 9.68. The zero-order valence-electron chi connectivity index (χ0n) is 15.2. The van der Waals surface area contributed by atoms with Gasteiger partial charge in [-0.2, -0.15) is 0 Å². The molecule has 0 saturated carbocycles. The standard InChI is InChI=1S/C19H26BClN2O3/c1-20(25)23-8-6-16(7-9-23)18(15-2-4-17(21)5-3-15)14-19(24)22-10-12-26-13-11-22/h2-5,14,16,25H,6-13H2,1H3/b18-14+. The molecule has 0 atom stereocenters. The van der Waals surface area contributed by atoms with Crippen molar-refractivity contribution in [2.24, 2.45) is 5.92 Å². The molecule has 0 radical (unpaired) electrons. The van der Waals surface area contributed by atoms with Crippen molar-refractivity contribution in [1.82, 2.24) is 9.71 Å². The van der Waals surface area contributed by atoms with E-state index in [1.165, 1.54) is 0 Å². The van der Waals surface area contributed by atoms with Crippen LogP contribution in [-0.4, -0.2) is 67.1 Å². The average Bonchev–Trinajstić information content (AvgIpc) is 2.67. The maximum atomic E-state index is 12.8. The van der Waals surface area contributed by atoms with Crippen LogP contribution in [0.25, 0.3) is 5.57 Å². The lowest BCUT2D eigenvalue weighted by atomic mass is 9.78. The molecular weight excluding hydrogens is 350 g/mol. The van der Waals surface area contributed by atoms with Crippen LogP contribution in [0.4, 0.5) is 0 Å². The van der Waals surface area contributed by atoms with Gasteiger partial charge >= 0.3 is 7.05 Å². The Kier molecular flexibility index (Phi) is 6.76. The second-order valence-corrected chi connectivity index (χ2v) is 7.42. The van der Waals surface area contributed by atoms with Crippen molar-refractivity contribution in [3.63, 3.8) is 0 Å².